The van der Waals surface area contributed by atoms with E-state index in [9.17, 15) is 24.3 Å². The molecule has 0 saturated carbocycles. The van der Waals surface area contributed by atoms with Crippen molar-refractivity contribution in [2.75, 3.05) is 10.6 Å². The highest BCUT2D eigenvalue weighted by Crippen LogP contribution is 2.40. The van der Waals surface area contributed by atoms with Crippen molar-refractivity contribution < 1.29 is 48.9 Å². The van der Waals surface area contributed by atoms with Crippen molar-refractivity contribution in [2.45, 2.75) is 79.1 Å². The smallest absolute Gasteiger partial charge is 0.478 e. The Bertz CT molecular complexity index is 3500. The molecule has 8 aromatic carbocycles. The topological polar surface area (TPSA) is 192 Å². The van der Waals surface area contributed by atoms with Gasteiger partial charge in [-0.3, -0.25) is 9.59 Å². The van der Waals surface area contributed by atoms with Gasteiger partial charge in [0.25, 0.3) is 0 Å². The van der Waals surface area contributed by atoms with E-state index in [1.807, 2.05) is 129 Å². The third-order valence-electron chi connectivity index (χ3n) is 12.3. The molecule has 0 aliphatic rings. The van der Waals surface area contributed by atoms with Crippen LogP contribution < -0.4 is 25.6 Å². The van der Waals surface area contributed by atoms with Crippen molar-refractivity contribution in [2.24, 2.45) is 0 Å². The maximum absolute atomic E-state index is 13.1. The molecular weight excluding hydrogens is 1120 g/mol. The highest BCUT2D eigenvalue weighted by molar-refractivity contribution is 9.10. The Morgan fingerprint density at radius 2 is 0.900 bits per heavy atom. The van der Waals surface area contributed by atoms with Gasteiger partial charge in [0.15, 0.2) is 11.5 Å². The lowest BCUT2D eigenvalue weighted by Gasteiger charge is -2.23. The number of aryl methyl sites for hydroxylation is 2. The molecule has 0 fully saturated rings. The first-order valence-corrected chi connectivity index (χ1v) is 26.9. The Hall–Kier alpha value is -7.72. The van der Waals surface area contributed by atoms with Gasteiger partial charge >= 0.3 is 19.1 Å². The van der Waals surface area contributed by atoms with Crippen LogP contribution in [-0.2, 0) is 33.3 Å². The van der Waals surface area contributed by atoms with Crippen molar-refractivity contribution in [3.05, 3.63) is 229 Å². The fourth-order valence-corrected chi connectivity index (χ4v) is 8.84. The molecule has 8 rings (SSSR count). The van der Waals surface area contributed by atoms with Crippen LogP contribution in [0.25, 0.3) is 11.1 Å². The molecule has 0 spiro atoms. The Balaban J connectivity index is 0.000000216. The number of ether oxygens (including phenoxy) is 2. The van der Waals surface area contributed by atoms with Gasteiger partial charge in [0.05, 0.1) is 45.4 Å². The molecular formula is C64H62BBrCl2N2O10. The predicted molar refractivity (Wildman–Crippen MR) is 324 cm³/mol. The first-order chi connectivity index (χ1) is 37.7. The summed E-state index contributed by atoms with van der Waals surface area (Å²) in [5.74, 6) is -0.00649. The summed E-state index contributed by atoms with van der Waals surface area (Å²) in [5, 5.41) is 41.8. The molecule has 0 aromatic heterocycles. The van der Waals surface area contributed by atoms with E-state index in [4.69, 9.17) is 47.8 Å². The number of hydrogen-bond acceptors (Lipinski definition) is 8. The molecule has 80 heavy (non-hydrogen) atoms. The fourth-order valence-electron chi connectivity index (χ4n) is 8.08. The van der Waals surface area contributed by atoms with Gasteiger partial charge < -0.3 is 40.4 Å². The first-order valence-electron chi connectivity index (χ1n) is 25.4. The van der Waals surface area contributed by atoms with Gasteiger partial charge in [-0.05, 0) is 119 Å². The minimum absolute atomic E-state index is 0.00792. The summed E-state index contributed by atoms with van der Waals surface area (Å²) >= 11 is 15.1. The molecule has 0 atom stereocenters. The minimum atomic E-state index is -1.68. The molecule has 16 heteroatoms. The van der Waals surface area contributed by atoms with Gasteiger partial charge in [-0.2, -0.15) is 0 Å². The molecule has 0 aliphatic carbocycles. The number of benzene rings is 8. The molecule has 412 valence electrons. The standard InChI is InChI=1S/C32H30ClNO4.C25H26BrNO2.C7H6BClO4/c1-20-9-11-21(12-10-20)17-30(35)34-27-19-23(22-13-15-26(33)24(18-22)31(36)37)14-16-29(27)38-28-8-6-5-7-25(28)32(2,3)4;1-17-9-11-18(12-10-17)15-24(28)27-21-16-19(26)13-14-23(21)29-22-8-6-5-7-20(22)25(2,3)4;9-6-2-1-4(8(12)13)3-5(6)7(10)11/h5-16,18-19H,17H2,1-4H3,(H,34,35)(H,36,37);5-14,16H,15H2,1-4H3,(H,27,28);1-3,12-13H,(H,10,11). The largest absolute Gasteiger partial charge is 0.488 e. The lowest BCUT2D eigenvalue weighted by Crippen LogP contribution is -2.30. The Morgan fingerprint density at radius 1 is 0.500 bits per heavy atom. The number of nitrogens with one attached hydrogen (secondary N) is 2. The highest BCUT2D eigenvalue weighted by Gasteiger charge is 2.23. The number of aromatic carboxylic acids is 2. The number of rotatable bonds is 14. The van der Waals surface area contributed by atoms with Gasteiger partial charge in [-0.25, -0.2) is 9.59 Å². The number of carboxylic acid groups (broad SMARTS) is 2. The average molecular weight is 1180 g/mol. The quantitative estimate of drug-likeness (QED) is 0.0571. The Kier molecular flexibility index (Phi) is 21.1. The van der Waals surface area contributed by atoms with Gasteiger partial charge in [0.2, 0.25) is 11.8 Å². The van der Waals surface area contributed by atoms with Gasteiger partial charge in [0, 0.05) is 15.6 Å². The molecule has 6 N–H and O–H groups in total. The fraction of sp³-hybridized carbons (Fsp3) is 0.188. The van der Waals surface area contributed by atoms with Crippen molar-refractivity contribution in [3.8, 4) is 34.1 Å². The second-order valence-electron chi connectivity index (χ2n) is 20.9. The monoisotopic (exact) mass is 1180 g/mol. The molecule has 0 aliphatic heterocycles. The molecule has 2 amide bonds. The van der Waals surface area contributed by atoms with Crippen LogP contribution in [0.4, 0.5) is 11.4 Å². The van der Waals surface area contributed by atoms with E-state index in [2.05, 4.69) is 74.2 Å². The van der Waals surface area contributed by atoms with Crippen molar-refractivity contribution >= 4 is 86.8 Å². The molecule has 0 heterocycles. The van der Waals surface area contributed by atoms with Gasteiger partial charge in [-0.15, -0.1) is 0 Å². The van der Waals surface area contributed by atoms with Gasteiger partial charge in [-0.1, -0.05) is 195 Å². The van der Waals surface area contributed by atoms with Crippen LogP contribution in [0.5, 0.6) is 23.0 Å². The maximum Gasteiger partial charge on any atom is 0.488 e. The average Bonchev–Trinajstić information content (AvgIpc) is 3.39. The van der Waals surface area contributed by atoms with Crippen LogP contribution in [0.2, 0.25) is 10.0 Å². The summed E-state index contributed by atoms with van der Waals surface area (Å²) in [4.78, 5) is 47.9. The maximum atomic E-state index is 13.1. The van der Waals surface area contributed by atoms with Crippen LogP contribution in [-0.4, -0.2) is 51.1 Å². The van der Waals surface area contributed by atoms with E-state index in [1.165, 1.54) is 23.8 Å². The molecule has 0 radical (unpaired) electrons. The molecule has 12 nitrogen and oxygen atoms in total. The number of carbonyl (C=O) groups is 4. The summed E-state index contributed by atoms with van der Waals surface area (Å²) in [7, 11) is -1.68. The van der Waals surface area contributed by atoms with E-state index in [0.717, 1.165) is 44.1 Å². The first kappa shape index (κ1) is 61.5. The number of halogens is 3. The SMILES string of the molecule is Cc1ccc(CC(=O)Nc2cc(-c3ccc(Cl)c(C(=O)O)c3)ccc2Oc2ccccc2C(C)(C)C)cc1.Cc1ccc(CC(=O)Nc2cc(Br)ccc2Oc2ccccc2C(C)(C)C)cc1.O=C(O)c1cc(B(O)O)ccc1Cl. The summed E-state index contributed by atoms with van der Waals surface area (Å²) in [5.41, 5.74) is 8.56. The van der Waals surface area contributed by atoms with E-state index in [-0.39, 0.29) is 55.7 Å². The van der Waals surface area contributed by atoms with Crippen LogP contribution in [0.1, 0.15) is 95.6 Å². The van der Waals surface area contributed by atoms with E-state index < -0.39 is 19.1 Å². The Labute approximate surface area is 485 Å². The molecule has 0 saturated heterocycles. The number of carbonyl (C=O) groups excluding carboxylic acids is 2. The molecule has 8 aromatic rings. The second kappa shape index (κ2) is 27.4. The van der Waals surface area contributed by atoms with Crippen LogP contribution in [0, 0.1) is 13.8 Å². The normalized spacial score (nSPS) is 11.0. The number of para-hydroxylation sites is 2. The van der Waals surface area contributed by atoms with Crippen LogP contribution in [0.15, 0.2) is 174 Å². The second-order valence-corrected chi connectivity index (χ2v) is 22.6. The van der Waals surface area contributed by atoms with Gasteiger partial charge in [0.1, 0.15) is 11.5 Å². The van der Waals surface area contributed by atoms with Crippen molar-refractivity contribution in [1.29, 1.82) is 0 Å². The zero-order valence-electron chi connectivity index (χ0n) is 45.5. The van der Waals surface area contributed by atoms with E-state index in [1.54, 1.807) is 24.3 Å². The Morgan fingerprint density at radius 3 is 1.35 bits per heavy atom. The molecule has 0 unspecified atom stereocenters. The van der Waals surface area contributed by atoms with Crippen molar-refractivity contribution in [1.82, 2.24) is 0 Å². The van der Waals surface area contributed by atoms with E-state index in [0.29, 0.717) is 46.2 Å². The van der Waals surface area contributed by atoms with Crippen LogP contribution in [0.3, 0.4) is 0 Å². The third kappa shape index (κ3) is 17.6. The summed E-state index contributed by atoms with van der Waals surface area (Å²) < 4.78 is 13.5. The number of amides is 2. The van der Waals surface area contributed by atoms with Crippen molar-refractivity contribution in [3.63, 3.8) is 0 Å². The molecule has 0 bridgehead atoms. The number of anilines is 2. The summed E-state index contributed by atoms with van der Waals surface area (Å²) in [6, 6.07) is 51.3. The summed E-state index contributed by atoms with van der Waals surface area (Å²) in [6.07, 6.45) is 0.511. The zero-order chi connectivity index (χ0) is 58.5. The third-order valence-corrected chi connectivity index (χ3v) is 13.5. The predicted octanol–water partition coefficient (Wildman–Crippen LogP) is 15.0. The minimum Gasteiger partial charge on any atom is -0.478 e. The van der Waals surface area contributed by atoms with E-state index >= 15 is 0 Å². The highest BCUT2D eigenvalue weighted by atomic mass is 79.9. The zero-order valence-corrected chi connectivity index (χ0v) is 48.6. The summed E-state index contributed by atoms with van der Waals surface area (Å²) in [6.45, 7) is 16.8. The van der Waals surface area contributed by atoms with Crippen LogP contribution >= 0.6 is 39.1 Å². The lowest BCUT2D eigenvalue weighted by molar-refractivity contribution is -0.116. The lowest BCUT2D eigenvalue weighted by atomic mass is 9.79. The number of carboxylic acids is 2. The number of hydrogen-bond donors (Lipinski definition) is 6.